The molecule has 3 atom stereocenters. The van der Waals surface area contributed by atoms with E-state index in [1.165, 1.54) is 37.7 Å². The first-order chi connectivity index (χ1) is 18.4. The molecule has 0 saturated heterocycles. The van der Waals surface area contributed by atoms with Gasteiger partial charge in [-0.25, -0.2) is 9.97 Å². The highest BCUT2D eigenvalue weighted by atomic mass is 32.2. The Morgan fingerprint density at radius 2 is 1.42 bits per heavy atom. The molecule has 10 heteroatoms. The second-order valence-corrected chi connectivity index (χ2v) is 11.1. The van der Waals surface area contributed by atoms with Gasteiger partial charge in [0.1, 0.15) is 0 Å². The van der Waals surface area contributed by atoms with Gasteiger partial charge in [-0.1, -0.05) is 59.9 Å². The van der Waals surface area contributed by atoms with Gasteiger partial charge in [0, 0.05) is 41.7 Å². The van der Waals surface area contributed by atoms with Crippen molar-refractivity contribution in [2.75, 3.05) is 14.2 Å². The average Bonchev–Trinajstić information content (AvgIpc) is 3.46. The maximum Gasteiger partial charge on any atom is 0.310 e. The highest BCUT2D eigenvalue weighted by molar-refractivity contribution is 7.99. The zero-order valence-electron chi connectivity index (χ0n) is 21.5. The number of hydrogen-bond acceptors (Lipinski definition) is 8. The van der Waals surface area contributed by atoms with E-state index in [9.17, 15) is 9.59 Å². The lowest BCUT2D eigenvalue weighted by atomic mass is 9.71. The van der Waals surface area contributed by atoms with Crippen molar-refractivity contribution in [1.29, 1.82) is 0 Å². The van der Waals surface area contributed by atoms with Crippen LogP contribution in [0.4, 0.5) is 0 Å². The Labute approximate surface area is 229 Å². The van der Waals surface area contributed by atoms with Crippen LogP contribution < -0.4 is 0 Å². The molecule has 0 bridgehead atoms. The van der Waals surface area contributed by atoms with Crippen LogP contribution in [0.5, 0.6) is 0 Å². The molecule has 2 aromatic heterocycles. The van der Waals surface area contributed by atoms with E-state index in [2.05, 4.69) is 4.98 Å². The Balaban J connectivity index is 1.64. The Kier molecular flexibility index (Phi) is 7.62. The zero-order valence-corrected chi connectivity index (χ0v) is 23.2. The molecule has 2 aromatic carbocycles. The second-order valence-electron chi connectivity index (χ2n) is 9.00. The molecule has 4 aromatic rings. The Hall–Kier alpha value is -3.50. The van der Waals surface area contributed by atoms with Crippen LogP contribution in [0, 0.1) is 11.8 Å². The molecule has 196 valence electrons. The standard InChI is InChI=1S/C28H28N4O4S2/c1-31-20-15-19(25(33)35-3)22(26(34)36-4)23(24(20)30-28(31)38-18-13-9-6-10-14-18)21-16-29-27(32(21)2)37-17-11-7-5-8-12-17/h5-14,16,19,22-23H,15H2,1-4H3/t19-,22+,23-/m0/s1. The van der Waals surface area contributed by atoms with Gasteiger partial charge in [-0.05, 0) is 24.3 Å². The van der Waals surface area contributed by atoms with Crippen molar-refractivity contribution >= 4 is 35.5 Å². The van der Waals surface area contributed by atoms with Crippen molar-refractivity contribution < 1.29 is 19.1 Å². The van der Waals surface area contributed by atoms with Crippen LogP contribution in [-0.2, 0) is 39.6 Å². The number of imidazole rings is 2. The number of rotatable bonds is 7. The highest BCUT2D eigenvalue weighted by Crippen LogP contribution is 2.46. The minimum atomic E-state index is -0.811. The summed E-state index contributed by atoms with van der Waals surface area (Å²) in [7, 11) is 6.56. The summed E-state index contributed by atoms with van der Waals surface area (Å²) in [6, 6.07) is 20.0. The molecule has 1 aliphatic rings. The van der Waals surface area contributed by atoms with Gasteiger partial charge in [0.2, 0.25) is 0 Å². The number of carbonyl (C=O) groups excluding carboxylic acids is 2. The van der Waals surface area contributed by atoms with Crippen molar-refractivity contribution in [3.63, 3.8) is 0 Å². The van der Waals surface area contributed by atoms with E-state index >= 15 is 0 Å². The van der Waals surface area contributed by atoms with E-state index in [1.807, 2.05) is 83.9 Å². The van der Waals surface area contributed by atoms with Gasteiger partial charge < -0.3 is 18.6 Å². The molecule has 38 heavy (non-hydrogen) atoms. The fourth-order valence-corrected chi connectivity index (χ4v) is 6.71. The van der Waals surface area contributed by atoms with Crippen LogP contribution in [0.1, 0.15) is 23.0 Å². The van der Waals surface area contributed by atoms with Crippen LogP contribution in [0.2, 0.25) is 0 Å². The molecule has 5 rings (SSSR count). The quantitative estimate of drug-likeness (QED) is 0.307. The number of hydrogen-bond donors (Lipinski definition) is 0. The lowest BCUT2D eigenvalue weighted by Gasteiger charge is -2.34. The van der Waals surface area contributed by atoms with Gasteiger partial charge in [0.15, 0.2) is 10.3 Å². The molecular formula is C28H28N4O4S2. The predicted octanol–water partition coefficient (Wildman–Crippen LogP) is 4.72. The fourth-order valence-electron chi connectivity index (χ4n) is 4.97. The maximum absolute atomic E-state index is 13.3. The zero-order chi connectivity index (χ0) is 26.8. The van der Waals surface area contributed by atoms with E-state index in [0.29, 0.717) is 6.42 Å². The summed E-state index contributed by atoms with van der Waals surface area (Å²) in [6.45, 7) is 0. The predicted molar refractivity (Wildman–Crippen MR) is 144 cm³/mol. The third kappa shape index (κ3) is 4.86. The molecule has 0 fully saturated rings. The first-order valence-electron chi connectivity index (χ1n) is 12.1. The van der Waals surface area contributed by atoms with Gasteiger partial charge in [-0.3, -0.25) is 9.59 Å². The number of carbonyl (C=O) groups is 2. The number of esters is 2. The van der Waals surface area contributed by atoms with Crippen LogP contribution in [0.3, 0.4) is 0 Å². The van der Waals surface area contributed by atoms with E-state index in [1.54, 1.807) is 6.20 Å². The molecule has 0 amide bonds. The summed E-state index contributed by atoms with van der Waals surface area (Å²) in [6.07, 6.45) is 2.09. The molecule has 0 aliphatic heterocycles. The Morgan fingerprint density at radius 3 is 2.00 bits per heavy atom. The smallest absolute Gasteiger partial charge is 0.310 e. The van der Waals surface area contributed by atoms with E-state index in [0.717, 1.165) is 37.2 Å². The van der Waals surface area contributed by atoms with E-state index in [4.69, 9.17) is 14.5 Å². The third-order valence-electron chi connectivity index (χ3n) is 6.89. The molecule has 1 aliphatic carbocycles. The van der Waals surface area contributed by atoms with Gasteiger partial charge in [0.25, 0.3) is 0 Å². The number of nitrogens with zero attached hydrogens (tertiary/aromatic N) is 4. The van der Waals surface area contributed by atoms with Gasteiger partial charge in [0.05, 0.1) is 43.9 Å². The SMILES string of the molecule is COC(=O)[C@H]1[C@H](c2cnc(Sc3ccccc3)n2C)c2nc(Sc3ccccc3)n(C)c2C[C@@H]1C(=O)OC. The van der Waals surface area contributed by atoms with Crippen molar-refractivity contribution in [1.82, 2.24) is 19.1 Å². The molecule has 0 radical (unpaired) electrons. The number of benzene rings is 2. The summed E-state index contributed by atoms with van der Waals surface area (Å²) < 4.78 is 14.4. The van der Waals surface area contributed by atoms with Crippen LogP contribution in [-0.4, -0.2) is 45.3 Å². The molecule has 0 saturated carbocycles. The first-order valence-corrected chi connectivity index (χ1v) is 13.7. The summed E-state index contributed by atoms with van der Waals surface area (Å²) in [5, 5.41) is 1.55. The van der Waals surface area contributed by atoms with Crippen molar-refractivity contribution in [2.45, 2.75) is 32.4 Å². The van der Waals surface area contributed by atoms with Gasteiger partial charge in [-0.2, -0.15) is 0 Å². The number of fused-ring (bicyclic) bond motifs is 1. The monoisotopic (exact) mass is 548 g/mol. The van der Waals surface area contributed by atoms with Crippen LogP contribution in [0.15, 0.2) is 87.0 Å². The molecule has 2 heterocycles. The lowest BCUT2D eigenvalue weighted by Crippen LogP contribution is -2.42. The normalized spacial score (nSPS) is 18.6. The summed E-state index contributed by atoms with van der Waals surface area (Å²) in [5.74, 6) is -3.01. The minimum Gasteiger partial charge on any atom is -0.469 e. The van der Waals surface area contributed by atoms with Crippen molar-refractivity contribution in [2.24, 2.45) is 25.9 Å². The Bertz CT molecular complexity index is 1450. The largest absolute Gasteiger partial charge is 0.469 e. The second kappa shape index (κ2) is 11.1. The minimum absolute atomic E-state index is 0.320. The highest BCUT2D eigenvalue weighted by Gasteiger charge is 2.50. The van der Waals surface area contributed by atoms with Gasteiger partial charge >= 0.3 is 11.9 Å². The molecule has 8 nitrogen and oxygen atoms in total. The Morgan fingerprint density at radius 1 is 0.842 bits per heavy atom. The third-order valence-corrected chi connectivity index (χ3v) is 9.01. The maximum atomic E-state index is 13.3. The van der Waals surface area contributed by atoms with Gasteiger partial charge in [-0.15, -0.1) is 0 Å². The van der Waals surface area contributed by atoms with Crippen LogP contribution in [0.25, 0.3) is 0 Å². The topological polar surface area (TPSA) is 88.2 Å². The lowest BCUT2D eigenvalue weighted by molar-refractivity contribution is -0.158. The fraction of sp³-hybridized carbons (Fsp3) is 0.286. The molecule has 0 spiro atoms. The van der Waals surface area contributed by atoms with E-state index in [-0.39, 0.29) is 0 Å². The van der Waals surface area contributed by atoms with Crippen molar-refractivity contribution in [3.8, 4) is 0 Å². The van der Waals surface area contributed by atoms with Crippen LogP contribution >= 0.6 is 23.5 Å². The summed E-state index contributed by atoms with van der Waals surface area (Å²) in [4.78, 5) is 38.1. The van der Waals surface area contributed by atoms with Crippen molar-refractivity contribution in [3.05, 3.63) is 83.9 Å². The number of ether oxygens (including phenoxy) is 2. The molecule has 0 N–H and O–H groups in total. The number of aromatic nitrogens is 4. The van der Waals surface area contributed by atoms with E-state index < -0.39 is 29.7 Å². The molecular weight excluding hydrogens is 520 g/mol. The first kappa shape index (κ1) is 26.1. The summed E-state index contributed by atoms with van der Waals surface area (Å²) >= 11 is 3.07. The average molecular weight is 549 g/mol. The molecule has 0 unspecified atom stereocenters. The number of methoxy groups -OCH3 is 2. The summed E-state index contributed by atoms with van der Waals surface area (Å²) in [5.41, 5.74) is 2.42.